The van der Waals surface area contributed by atoms with Gasteiger partial charge in [-0.25, -0.2) is 4.98 Å². The number of amides is 1. The van der Waals surface area contributed by atoms with Crippen LogP contribution >= 0.6 is 11.3 Å². The van der Waals surface area contributed by atoms with Gasteiger partial charge < -0.3 is 4.42 Å². The van der Waals surface area contributed by atoms with Gasteiger partial charge in [0.2, 0.25) is 11.8 Å². The number of fused-ring (bicyclic) bond motifs is 1. The van der Waals surface area contributed by atoms with Crippen molar-refractivity contribution in [2.75, 3.05) is 12.4 Å². The van der Waals surface area contributed by atoms with Crippen LogP contribution in [0.2, 0.25) is 0 Å². The molecule has 2 heterocycles. The number of nitriles is 1. The van der Waals surface area contributed by atoms with Crippen molar-refractivity contribution in [1.29, 1.82) is 5.26 Å². The Labute approximate surface area is 156 Å². The van der Waals surface area contributed by atoms with Gasteiger partial charge in [0.05, 0.1) is 22.8 Å². The van der Waals surface area contributed by atoms with E-state index in [1.807, 2.05) is 43.1 Å². The lowest BCUT2D eigenvalue weighted by Crippen LogP contribution is -2.39. The molecule has 1 N–H and O–H groups in total. The number of para-hydroxylation sites is 1. The van der Waals surface area contributed by atoms with Crippen LogP contribution in [0.1, 0.15) is 28.8 Å². The SMILES string of the molecule is Cc1oc(NC(=O)C(C)N(C)Cc2nc3ccccc3s2)c(C#N)c1C. The van der Waals surface area contributed by atoms with Crippen LogP contribution in [-0.4, -0.2) is 28.9 Å². The molecule has 26 heavy (non-hydrogen) atoms. The zero-order valence-corrected chi connectivity index (χ0v) is 16.0. The van der Waals surface area contributed by atoms with Crippen molar-refractivity contribution >= 4 is 33.3 Å². The Morgan fingerprint density at radius 2 is 2.15 bits per heavy atom. The second kappa shape index (κ2) is 7.28. The van der Waals surface area contributed by atoms with E-state index in [9.17, 15) is 10.1 Å². The van der Waals surface area contributed by atoms with E-state index in [-0.39, 0.29) is 11.8 Å². The summed E-state index contributed by atoms with van der Waals surface area (Å²) in [4.78, 5) is 19.1. The quantitative estimate of drug-likeness (QED) is 0.740. The summed E-state index contributed by atoms with van der Waals surface area (Å²) in [5.41, 5.74) is 2.09. The van der Waals surface area contributed by atoms with Crippen LogP contribution in [0.5, 0.6) is 0 Å². The third kappa shape index (κ3) is 3.47. The van der Waals surface area contributed by atoms with E-state index in [4.69, 9.17) is 4.42 Å². The highest BCUT2D eigenvalue weighted by atomic mass is 32.1. The molecule has 1 aromatic carbocycles. The summed E-state index contributed by atoms with van der Waals surface area (Å²) in [6.07, 6.45) is 0. The molecule has 0 aliphatic heterocycles. The Balaban J connectivity index is 1.70. The Kier molecular flexibility index (Phi) is 5.07. The zero-order chi connectivity index (χ0) is 18.8. The highest BCUT2D eigenvalue weighted by molar-refractivity contribution is 7.18. The lowest BCUT2D eigenvalue weighted by atomic mass is 10.2. The number of hydrogen-bond acceptors (Lipinski definition) is 6. The summed E-state index contributed by atoms with van der Waals surface area (Å²) in [5.74, 6) is 0.624. The lowest BCUT2D eigenvalue weighted by molar-refractivity contribution is -0.120. The summed E-state index contributed by atoms with van der Waals surface area (Å²) in [6, 6.07) is 9.66. The topological polar surface area (TPSA) is 82.2 Å². The Morgan fingerprint density at radius 3 is 2.85 bits per heavy atom. The van der Waals surface area contributed by atoms with Crippen molar-refractivity contribution < 1.29 is 9.21 Å². The molecule has 0 spiro atoms. The van der Waals surface area contributed by atoms with Crippen LogP contribution in [0.15, 0.2) is 28.7 Å². The molecular weight excluding hydrogens is 348 g/mol. The van der Waals surface area contributed by atoms with Crippen molar-refractivity contribution in [1.82, 2.24) is 9.88 Å². The molecule has 1 atom stereocenters. The van der Waals surface area contributed by atoms with Gasteiger partial charge in [-0.05, 0) is 40.0 Å². The van der Waals surface area contributed by atoms with E-state index in [2.05, 4.69) is 16.4 Å². The summed E-state index contributed by atoms with van der Waals surface area (Å²) >= 11 is 1.62. The molecular formula is C19H20N4O2S. The number of nitrogens with zero attached hydrogens (tertiary/aromatic N) is 3. The number of nitrogens with one attached hydrogen (secondary N) is 1. The molecule has 0 saturated heterocycles. The van der Waals surface area contributed by atoms with Crippen LogP contribution in [0, 0.1) is 25.2 Å². The summed E-state index contributed by atoms with van der Waals surface area (Å²) < 4.78 is 6.64. The lowest BCUT2D eigenvalue weighted by Gasteiger charge is -2.22. The normalized spacial score (nSPS) is 12.3. The molecule has 134 valence electrons. The van der Waals surface area contributed by atoms with Crippen molar-refractivity contribution in [3.8, 4) is 6.07 Å². The van der Waals surface area contributed by atoms with Gasteiger partial charge in [-0.15, -0.1) is 11.3 Å². The highest BCUT2D eigenvalue weighted by Crippen LogP contribution is 2.26. The Hall–Kier alpha value is -2.69. The molecule has 2 aromatic heterocycles. The fourth-order valence-electron chi connectivity index (χ4n) is 2.60. The van der Waals surface area contributed by atoms with Crippen LogP contribution < -0.4 is 5.32 Å². The molecule has 0 saturated carbocycles. The maximum absolute atomic E-state index is 12.6. The number of hydrogen-bond donors (Lipinski definition) is 1. The zero-order valence-electron chi connectivity index (χ0n) is 15.2. The second-order valence-corrected chi connectivity index (χ2v) is 7.37. The first-order valence-electron chi connectivity index (χ1n) is 8.26. The number of rotatable bonds is 5. The Bertz CT molecular complexity index is 966. The molecule has 0 aliphatic rings. The largest absolute Gasteiger partial charge is 0.444 e. The monoisotopic (exact) mass is 368 g/mol. The number of carbonyl (C=O) groups is 1. The number of likely N-dealkylation sites (N-methyl/N-ethyl adjacent to an activating group) is 1. The highest BCUT2D eigenvalue weighted by Gasteiger charge is 2.23. The standard InChI is InChI=1S/C19H20N4O2S/c1-11-13(3)25-19(14(11)9-20)22-18(24)12(2)23(4)10-17-21-15-7-5-6-8-16(15)26-17/h5-8,12H,10H2,1-4H3,(H,22,24). The Morgan fingerprint density at radius 1 is 1.42 bits per heavy atom. The molecule has 1 amide bonds. The number of carbonyl (C=O) groups excluding carboxylic acids is 1. The molecule has 0 fully saturated rings. The molecule has 3 rings (SSSR count). The minimum atomic E-state index is -0.403. The van der Waals surface area contributed by atoms with Crippen molar-refractivity contribution in [3.05, 3.63) is 46.2 Å². The fourth-order valence-corrected chi connectivity index (χ4v) is 3.63. The van der Waals surface area contributed by atoms with Gasteiger partial charge in [0, 0.05) is 5.56 Å². The first-order chi connectivity index (χ1) is 12.4. The third-order valence-electron chi connectivity index (χ3n) is 4.50. The molecule has 0 radical (unpaired) electrons. The average molecular weight is 368 g/mol. The molecule has 3 aromatic rings. The van der Waals surface area contributed by atoms with Crippen molar-refractivity contribution in [3.63, 3.8) is 0 Å². The van der Waals surface area contributed by atoms with Crippen LogP contribution in [0.3, 0.4) is 0 Å². The van der Waals surface area contributed by atoms with E-state index in [0.29, 0.717) is 17.9 Å². The van der Waals surface area contributed by atoms with E-state index >= 15 is 0 Å². The van der Waals surface area contributed by atoms with Crippen LogP contribution in [0.4, 0.5) is 5.88 Å². The van der Waals surface area contributed by atoms with Crippen molar-refractivity contribution in [2.45, 2.75) is 33.4 Å². The van der Waals surface area contributed by atoms with Gasteiger partial charge in [0.1, 0.15) is 22.4 Å². The summed E-state index contributed by atoms with van der Waals surface area (Å²) in [5, 5.41) is 12.9. The number of aromatic nitrogens is 1. The van der Waals surface area contributed by atoms with E-state index in [0.717, 1.165) is 20.8 Å². The fraction of sp³-hybridized carbons (Fsp3) is 0.316. The van der Waals surface area contributed by atoms with Gasteiger partial charge in [0.25, 0.3) is 0 Å². The number of benzene rings is 1. The molecule has 0 aliphatic carbocycles. The van der Waals surface area contributed by atoms with E-state index < -0.39 is 6.04 Å². The van der Waals surface area contributed by atoms with E-state index in [1.165, 1.54) is 0 Å². The average Bonchev–Trinajstić information content (AvgIpc) is 3.14. The predicted octanol–water partition coefficient (Wildman–Crippen LogP) is 3.84. The van der Waals surface area contributed by atoms with Crippen molar-refractivity contribution in [2.24, 2.45) is 0 Å². The molecule has 6 nitrogen and oxygen atoms in total. The summed E-state index contributed by atoms with van der Waals surface area (Å²) in [6.45, 7) is 5.96. The number of anilines is 1. The number of thiazole rings is 1. The minimum Gasteiger partial charge on any atom is -0.444 e. The third-order valence-corrected chi connectivity index (χ3v) is 5.52. The van der Waals surface area contributed by atoms with Gasteiger partial charge >= 0.3 is 0 Å². The first kappa shape index (κ1) is 18.1. The van der Waals surface area contributed by atoms with Gasteiger partial charge in [-0.3, -0.25) is 15.0 Å². The molecule has 0 bridgehead atoms. The van der Waals surface area contributed by atoms with Gasteiger partial charge in [-0.1, -0.05) is 12.1 Å². The molecule has 1 unspecified atom stereocenters. The maximum atomic E-state index is 12.6. The van der Waals surface area contributed by atoms with E-state index in [1.54, 1.807) is 25.2 Å². The first-order valence-corrected chi connectivity index (χ1v) is 9.08. The van der Waals surface area contributed by atoms with Crippen LogP contribution in [0.25, 0.3) is 10.2 Å². The maximum Gasteiger partial charge on any atom is 0.243 e. The second-order valence-electron chi connectivity index (χ2n) is 6.25. The summed E-state index contributed by atoms with van der Waals surface area (Å²) in [7, 11) is 1.88. The number of furan rings is 1. The molecule has 7 heteroatoms. The van der Waals surface area contributed by atoms with Crippen LogP contribution in [-0.2, 0) is 11.3 Å². The predicted molar refractivity (Wildman–Crippen MR) is 102 cm³/mol. The van der Waals surface area contributed by atoms with Gasteiger partial charge in [-0.2, -0.15) is 5.26 Å². The minimum absolute atomic E-state index is 0.215. The van der Waals surface area contributed by atoms with Gasteiger partial charge in [0.15, 0.2) is 0 Å². The number of aryl methyl sites for hydroxylation is 1. The smallest absolute Gasteiger partial charge is 0.243 e.